The minimum absolute atomic E-state index is 0. The van der Waals surface area contributed by atoms with E-state index < -0.39 is 0 Å². The van der Waals surface area contributed by atoms with E-state index >= 15 is 0 Å². The Bertz CT molecular complexity index is 472. The number of hydrogen-bond acceptors (Lipinski definition) is 6. The number of hydrogen-bond donors (Lipinski definition) is 0. The van der Waals surface area contributed by atoms with Crippen molar-refractivity contribution in [2.45, 2.75) is 20.0 Å². The van der Waals surface area contributed by atoms with Crippen molar-refractivity contribution in [1.82, 2.24) is 8.61 Å². The van der Waals surface area contributed by atoms with Gasteiger partial charge >= 0.3 is 27.0 Å². The summed E-state index contributed by atoms with van der Waals surface area (Å²) in [5.41, 5.74) is 1.37. The van der Waals surface area contributed by atoms with Crippen LogP contribution in [0.15, 0.2) is 18.2 Å². The summed E-state index contributed by atoms with van der Waals surface area (Å²) in [7, 11) is 4.57. The Kier molecular flexibility index (Phi) is 17.8. The Morgan fingerprint density at radius 1 is 1.28 bits per heavy atom. The van der Waals surface area contributed by atoms with Gasteiger partial charge in [0.1, 0.15) is 6.29 Å². The molecule has 1 aliphatic heterocycles. The van der Waals surface area contributed by atoms with Gasteiger partial charge < -0.3 is 20.8 Å². The minimum atomic E-state index is 0. The van der Waals surface area contributed by atoms with Crippen molar-refractivity contribution in [3.63, 3.8) is 0 Å². The van der Waals surface area contributed by atoms with Gasteiger partial charge in [-0.25, -0.2) is 0 Å². The molecule has 0 aliphatic carbocycles. The molecule has 0 spiro atoms. The van der Waals surface area contributed by atoms with Gasteiger partial charge in [0.15, 0.2) is 0 Å². The van der Waals surface area contributed by atoms with Crippen LogP contribution in [-0.4, -0.2) is 46.6 Å². The number of rotatable bonds is 5. The predicted octanol–water partition coefficient (Wildman–Crippen LogP) is 4.89. The number of nitrogens with zero attached hydrogens (tertiary/aromatic N) is 2. The number of carbonyl (C=O) groups excluding carboxylic acids is 1. The second kappa shape index (κ2) is 16.3. The standard InChI is InChI=1S/C11H13O2.C5H11N2S2.CH3.ClH.Ru/c1-8(2)13-11-5-4-10(7-12)6-9(11)3;1-8-6-3-4-7(5-6)9-2;;;/h4-8H,3H2,1-2H3;5H,3-4H2,1-2H3;1H3;1H;/q3*-1;;+4/p-1. The molecule has 1 aromatic rings. The maximum absolute atomic E-state index is 10.4. The summed E-state index contributed by atoms with van der Waals surface area (Å²) in [5, 5.41) is 0. The fourth-order valence-electron chi connectivity index (χ4n) is 1.77. The molecular formula is C17H27ClN2O2RuS2. The summed E-state index contributed by atoms with van der Waals surface area (Å²) in [5.74, 6) is 0.737. The van der Waals surface area contributed by atoms with Crippen LogP contribution in [0.5, 0.6) is 5.75 Å². The van der Waals surface area contributed by atoms with Crippen molar-refractivity contribution in [3.05, 3.63) is 50.3 Å². The third-order valence-corrected chi connectivity index (χ3v) is 4.34. The molecule has 25 heavy (non-hydrogen) atoms. The topological polar surface area (TPSA) is 32.8 Å². The van der Waals surface area contributed by atoms with E-state index in [1.54, 1.807) is 42.1 Å². The number of aldehydes is 1. The summed E-state index contributed by atoms with van der Waals surface area (Å²) in [4.78, 5) is 10.4. The summed E-state index contributed by atoms with van der Waals surface area (Å²) < 4.78 is 9.93. The fraction of sp³-hybridized carbons (Fsp3) is 0.412. The monoisotopic (exact) mass is 492 g/mol. The van der Waals surface area contributed by atoms with Crippen LogP contribution in [0.25, 0.3) is 0 Å². The molecule has 2 rings (SSSR count). The van der Waals surface area contributed by atoms with Crippen molar-refractivity contribution in [2.75, 3.05) is 25.6 Å². The van der Waals surface area contributed by atoms with E-state index in [0.29, 0.717) is 5.56 Å². The van der Waals surface area contributed by atoms with Crippen LogP contribution in [0.3, 0.4) is 0 Å². The molecule has 0 atom stereocenters. The SMILES string of the molecule is CSN1[CH-]N(SC)CC1.[CH2-]c1cc(C=O)ccc1OC(C)C.[CH3-].[Cl][Ru+3]. The molecule has 0 radical (unpaired) electrons. The fourth-order valence-corrected chi connectivity index (χ4v) is 2.78. The van der Waals surface area contributed by atoms with E-state index in [0.717, 1.165) is 30.7 Å². The first-order valence-corrected chi connectivity index (χ1v) is 11.8. The normalized spacial score (nSPS) is 13.8. The Labute approximate surface area is 176 Å². The first-order chi connectivity index (χ1) is 11.5. The second-order valence-corrected chi connectivity index (χ2v) is 6.58. The molecule has 144 valence electrons. The first-order valence-electron chi connectivity index (χ1n) is 7.17. The molecule has 0 unspecified atom stereocenters. The van der Waals surface area contributed by atoms with E-state index in [-0.39, 0.29) is 13.5 Å². The van der Waals surface area contributed by atoms with Gasteiger partial charge in [0, 0.05) is 5.75 Å². The van der Waals surface area contributed by atoms with Crippen molar-refractivity contribution in [2.24, 2.45) is 0 Å². The van der Waals surface area contributed by atoms with E-state index in [9.17, 15) is 4.79 Å². The van der Waals surface area contributed by atoms with E-state index in [1.165, 1.54) is 0 Å². The molecule has 0 saturated carbocycles. The van der Waals surface area contributed by atoms with Crippen LogP contribution < -0.4 is 4.74 Å². The van der Waals surface area contributed by atoms with Crippen LogP contribution in [-0.2, 0) is 17.3 Å². The van der Waals surface area contributed by atoms with Crippen LogP contribution in [0.1, 0.15) is 29.8 Å². The van der Waals surface area contributed by atoms with E-state index in [2.05, 4.69) is 44.4 Å². The van der Waals surface area contributed by atoms with Crippen LogP contribution in [0.4, 0.5) is 0 Å². The number of benzene rings is 1. The van der Waals surface area contributed by atoms with Crippen LogP contribution in [0.2, 0.25) is 0 Å². The molecule has 1 saturated heterocycles. The molecule has 1 aromatic carbocycles. The Morgan fingerprint density at radius 2 is 1.80 bits per heavy atom. The van der Waals surface area contributed by atoms with Gasteiger partial charge in [-0.05, 0) is 45.0 Å². The Hall–Kier alpha value is 0.0934. The van der Waals surface area contributed by atoms with Gasteiger partial charge in [0.2, 0.25) is 0 Å². The van der Waals surface area contributed by atoms with Crippen molar-refractivity contribution in [1.29, 1.82) is 0 Å². The van der Waals surface area contributed by atoms with E-state index in [4.69, 9.17) is 4.74 Å². The quantitative estimate of drug-likeness (QED) is 0.252. The van der Waals surface area contributed by atoms with E-state index in [1.807, 2.05) is 31.2 Å². The molecule has 0 amide bonds. The van der Waals surface area contributed by atoms with Gasteiger partial charge in [-0.3, -0.25) is 4.79 Å². The summed E-state index contributed by atoms with van der Waals surface area (Å²) in [6.45, 7) is 12.2. The van der Waals surface area contributed by atoms with Gasteiger partial charge in [-0.1, -0.05) is 12.1 Å². The van der Waals surface area contributed by atoms with Crippen molar-refractivity contribution >= 4 is 39.9 Å². The maximum atomic E-state index is 10.4. The molecule has 1 heterocycles. The second-order valence-electron chi connectivity index (χ2n) is 4.91. The zero-order valence-electron chi connectivity index (χ0n) is 15.3. The molecule has 8 heteroatoms. The van der Waals surface area contributed by atoms with Crippen LogP contribution in [0, 0.1) is 21.0 Å². The average molecular weight is 492 g/mol. The first kappa shape index (κ1) is 27.3. The van der Waals surface area contributed by atoms with Crippen molar-refractivity contribution < 1.29 is 26.8 Å². The molecule has 1 aliphatic rings. The number of ether oxygens (including phenoxy) is 1. The predicted molar refractivity (Wildman–Crippen MR) is 109 cm³/mol. The molecule has 0 aromatic heterocycles. The van der Waals surface area contributed by atoms with Gasteiger partial charge in [-0.15, -0.1) is 30.0 Å². The summed E-state index contributed by atoms with van der Waals surface area (Å²) >= 11 is 5.37. The molecule has 4 nitrogen and oxygen atoms in total. The van der Waals surface area contributed by atoms with Gasteiger partial charge in [0.25, 0.3) is 0 Å². The van der Waals surface area contributed by atoms with Gasteiger partial charge in [-0.2, -0.15) is 19.2 Å². The zero-order valence-corrected chi connectivity index (χ0v) is 19.5. The molecule has 0 bridgehead atoms. The zero-order chi connectivity index (χ0) is 18.5. The third kappa shape index (κ3) is 11.4. The number of carbonyl (C=O) groups is 1. The summed E-state index contributed by atoms with van der Waals surface area (Å²) in [6, 6.07) is 5.20. The summed E-state index contributed by atoms with van der Waals surface area (Å²) in [6.07, 6.45) is 5.12. The Morgan fingerprint density at radius 3 is 2.12 bits per heavy atom. The molecular weight excluding hydrogens is 465 g/mol. The average Bonchev–Trinajstić information content (AvgIpc) is 3.07. The molecule has 0 N–H and O–H groups in total. The van der Waals surface area contributed by atoms with Crippen LogP contribution >= 0.6 is 33.6 Å². The van der Waals surface area contributed by atoms with Crippen molar-refractivity contribution in [3.8, 4) is 5.75 Å². The van der Waals surface area contributed by atoms with Gasteiger partial charge in [0.05, 0.1) is 6.10 Å². The number of halogens is 1. The molecule has 1 fully saturated rings. The Balaban J connectivity index is 0. The third-order valence-electron chi connectivity index (χ3n) is 2.85.